The fraction of sp³-hybridized carbons (Fsp3) is 0.667. The summed E-state index contributed by atoms with van der Waals surface area (Å²) in [5.41, 5.74) is 1.15. The summed E-state index contributed by atoms with van der Waals surface area (Å²) in [6.07, 6.45) is 1.87. The number of hydrogen-bond donors (Lipinski definition) is 1. The molecule has 1 aromatic rings. The zero-order valence-corrected chi connectivity index (χ0v) is 14.4. The van der Waals surface area contributed by atoms with E-state index in [0.29, 0.717) is 30.4 Å². The van der Waals surface area contributed by atoms with Gasteiger partial charge in [0.2, 0.25) is 10.0 Å². The number of sulfonamides is 1. The molecule has 2 rings (SSSR count). The van der Waals surface area contributed by atoms with Crippen molar-refractivity contribution < 1.29 is 17.9 Å². The van der Waals surface area contributed by atoms with Crippen LogP contribution in [0.5, 0.6) is 0 Å². The van der Waals surface area contributed by atoms with Gasteiger partial charge in [0.1, 0.15) is 10.5 Å². The second-order valence-electron chi connectivity index (χ2n) is 5.91. The van der Waals surface area contributed by atoms with E-state index in [1.165, 1.54) is 4.31 Å². The fourth-order valence-electron chi connectivity index (χ4n) is 3.02. The molecule has 22 heavy (non-hydrogen) atoms. The molecule has 1 aliphatic rings. The number of aromatic amines is 1. The number of aromatic nitrogens is 1. The van der Waals surface area contributed by atoms with Crippen LogP contribution in [0, 0.1) is 19.8 Å². The van der Waals surface area contributed by atoms with Gasteiger partial charge < -0.3 is 9.72 Å². The molecule has 0 aromatic carbocycles. The number of nitrogens with one attached hydrogen (secondary N) is 1. The summed E-state index contributed by atoms with van der Waals surface area (Å²) in [5, 5.41) is 0. The topological polar surface area (TPSA) is 79.5 Å². The molecule has 1 aliphatic heterocycles. The Labute approximate surface area is 131 Å². The lowest BCUT2D eigenvalue weighted by Gasteiger charge is -2.30. The molecule has 6 nitrogen and oxygen atoms in total. The van der Waals surface area contributed by atoms with Crippen LogP contribution in [-0.2, 0) is 14.8 Å². The molecule has 0 radical (unpaired) electrons. The number of rotatable bonds is 4. The van der Waals surface area contributed by atoms with Crippen LogP contribution in [0.1, 0.15) is 48.4 Å². The minimum absolute atomic E-state index is 0.0672. The standard InChI is InChI=1S/C15H24N2O4S/c1-5-21-15(18)13-11(3)16-12(4)14(13)22(19,20)17-8-6-7-10(2)9-17/h10,16H,5-9H2,1-4H3/t10-/m0/s1. The Morgan fingerprint density at radius 2 is 2.05 bits per heavy atom. The molecule has 1 N–H and O–H groups in total. The van der Waals surface area contributed by atoms with Gasteiger partial charge in [-0.25, -0.2) is 13.2 Å². The van der Waals surface area contributed by atoms with Crippen molar-refractivity contribution in [3.05, 3.63) is 17.0 Å². The average molecular weight is 328 g/mol. The molecule has 7 heteroatoms. The van der Waals surface area contributed by atoms with Crippen molar-refractivity contribution in [1.29, 1.82) is 0 Å². The first kappa shape index (κ1) is 17.0. The number of piperidine rings is 1. The molecule has 0 unspecified atom stereocenters. The van der Waals surface area contributed by atoms with Crippen LogP contribution < -0.4 is 0 Å². The first-order chi connectivity index (χ1) is 10.3. The Morgan fingerprint density at radius 1 is 1.36 bits per heavy atom. The third kappa shape index (κ3) is 3.05. The van der Waals surface area contributed by atoms with Crippen LogP contribution in [0.15, 0.2) is 4.90 Å². The highest BCUT2D eigenvalue weighted by Crippen LogP contribution is 2.30. The fourth-order valence-corrected chi connectivity index (χ4v) is 5.03. The molecule has 0 aliphatic carbocycles. The Hall–Kier alpha value is -1.34. The Morgan fingerprint density at radius 3 is 2.64 bits per heavy atom. The van der Waals surface area contributed by atoms with Crippen LogP contribution in [0.2, 0.25) is 0 Å². The zero-order chi connectivity index (χ0) is 16.5. The summed E-state index contributed by atoms with van der Waals surface area (Å²) in [4.78, 5) is 15.2. The third-order valence-electron chi connectivity index (χ3n) is 4.01. The minimum Gasteiger partial charge on any atom is -0.462 e. The monoisotopic (exact) mass is 328 g/mol. The van der Waals surface area contributed by atoms with Crippen molar-refractivity contribution in [1.82, 2.24) is 9.29 Å². The summed E-state index contributed by atoms with van der Waals surface area (Å²) in [7, 11) is -3.70. The van der Waals surface area contributed by atoms with E-state index in [4.69, 9.17) is 4.74 Å². The summed E-state index contributed by atoms with van der Waals surface area (Å²) in [6.45, 7) is 8.32. The SMILES string of the molecule is CCOC(=O)c1c(C)[nH]c(C)c1S(=O)(=O)N1CCC[C@H](C)C1. The number of esters is 1. The number of hydrogen-bond acceptors (Lipinski definition) is 4. The summed E-state index contributed by atoms with van der Waals surface area (Å²) in [6, 6.07) is 0. The molecule has 0 amide bonds. The Balaban J connectivity index is 2.49. The molecule has 0 spiro atoms. The Bertz CT molecular complexity index is 663. The lowest BCUT2D eigenvalue weighted by Crippen LogP contribution is -2.39. The maximum Gasteiger partial charge on any atom is 0.341 e. The van der Waals surface area contributed by atoms with E-state index in [1.807, 2.05) is 6.92 Å². The van der Waals surface area contributed by atoms with Gasteiger partial charge in [0.05, 0.1) is 6.61 Å². The molecule has 1 atom stereocenters. The van der Waals surface area contributed by atoms with E-state index >= 15 is 0 Å². The van der Waals surface area contributed by atoms with E-state index in [2.05, 4.69) is 4.98 Å². The van der Waals surface area contributed by atoms with Gasteiger partial charge >= 0.3 is 5.97 Å². The number of aryl methyl sites for hydroxylation is 2. The average Bonchev–Trinajstić information content (AvgIpc) is 2.74. The summed E-state index contributed by atoms with van der Waals surface area (Å²) in [5.74, 6) is -0.261. The van der Waals surface area contributed by atoms with Crippen molar-refractivity contribution >= 4 is 16.0 Å². The van der Waals surface area contributed by atoms with Gasteiger partial charge in [0.25, 0.3) is 0 Å². The molecule has 124 valence electrons. The van der Waals surface area contributed by atoms with Gasteiger partial charge in [0.15, 0.2) is 0 Å². The lowest BCUT2D eigenvalue weighted by atomic mass is 10.0. The zero-order valence-electron chi connectivity index (χ0n) is 13.6. The van der Waals surface area contributed by atoms with Crippen LogP contribution in [-0.4, -0.2) is 43.4 Å². The second-order valence-corrected chi connectivity index (χ2v) is 7.78. The van der Waals surface area contributed by atoms with Gasteiger partial charge in [-0.2, -0.15) is 4.31 Å². The van der Waals surface area contributed by atoms with Gasteiger partial charge in [-0.15, -0.1) is 0 Å². The van der Waals surface area contributed by atoms with Crippen LogP contribution in [0.4, 0.5) is 0 Å². The van der Waals surface area contributed by atoms with Crippen molar-refractivity contribution in [2.24, 2.45) is 5.92 Å². The molecule has 0 saturated carbocycles. The summed E-state index contributed by atoms with van der Waals surface area (Å²) < 4.78 is 32.5. The van der Waals surface area contributed by atoms with Gasteiger partial charge in [-0.1, -0.05) is 6.92 Å². The van der Waals surface area contributed by atoms with Gasteiger partial charge in [0, 0.05) is 24.5 Å². The van der Waals surface area contributed by atoms with Crippen LogP contribution >= 0.6 is 0 Å². The number of nitrogens with zero attached hydrogens (tertiary/aromatic N) is 1. The Kier molecular flexibility index (Phi) is 4.97. The highest BCUT2D eigenvalue weighted by atomic mass is 32.2. The highest BCUT2D eigenvalue weighted by Gasteiger charge is 2.35. The maximum atomic E-state index is 13.0. The third-order valence-corrected chi connectivity index (χ3v) is 6.05. The molecule has 1 fully saturated rings. The number of ether oxygens (including phenoxy) is 1. The molecule has 2 heterocycles. The molecular weight excluding hydrogens is 304 g/mol. The van der Waals surface area contributed by atoms with Crippen molar-refractivity contribution in [3.63, 3.8) is 0 Å². The minimum atomic E-state index is -3.70. The summed E-state index contributed by atoms with van der Waals surface area (Å²) >= 11 is 0. The highest BCUT2D eigenvalue weighted by molar-refractivity contribution is 7.89. The predicted molar refractivity (Wildman–Crippen MR) is 83.4 cm³/mol. The van der Waals surface area contributed by atoms with E-state index in [-0.39, 0.29) is 17.1 Å². The number of carbonyl (C=O) groups excluding carboxylic acids is 1. The first-order valence-corrected chi connectivity index (χ1v) is 9.09. The second kappa shape index (κ2) is 6.42. The largest absolute Gasteiger partial charge is 0.462 e. The van der Waals surface area contributed by atoms with E-state index in [1.54, 1.807) is 20.8 Å². The van der Waals surface area contributed by atoms with E-state index in [9.17, 15) is 13.2 Å². The molecular formula is C15H24N2O4S. The normalized spacial score (nSPS) is 20.1. The van der Waals surface area contributed by atoms with Crippen LogP contribution in [0.25, 0.3) is 0 Å². The van der Waals surface area contributed by atoms with Crippen LogP contribution in [0.3, 0.4) is 0 Å². The smallest absolute Gasteiger partial charge is 0.341 e. The maximum absolute atomic E-state index is 13.0. The predicted octanol–water partition coefficient (Wildman–Crippen LogP) is 2.23. The van der Waals surface area contributed by atoms with Gasteiger partial charge in [-0.05, 0) is 39.5 Å². The van der Waals surface area contributed by atoms with Crippen molar-refractivity contribution in [2.45, 2.75) is 45.4 Å². The van der Waals surface area contributed by atoms with E-state index in [0.717, 1.165) is 12.8 Å². The van der Waals surface area contributed by atoms with E-state index < -0.39 is 16.0 Å². The number of H-pyrrole nitrogens is 1. The van der Waals surface area contributed by atoms with Crippen molar-refractivity contribution in [3.8, 4) is 0 Å². The first-order valence-electron chi connectivity index (χ1n) is 7.65. The molecule has 1 saturated heterocycles. The quantitative estimate of drug-likeness (QED) is 0.860. The van der Waals surface area contributed by atoms with Gasteiger partial charge in [-0.3, -0.25) is 0 Å². The molecule has 0 bridgehead atoms. The molecule has 1 aromatic heterocycles. The lowest BCUT2D eigenvalue weighted by molar-refractivity contribution is 0.0521. The number of carbonyl (C=O) groups is 1. The van der Waals surface area contributed by atoms with Crippen molar-refractivity contribution in [2.75, 3.05) is 19.7 Å².